The van der Waals surface area contributed by atoms with Gasteiger partial charge in [-0.3, -0.25) is 4.79 Å². The Morgan fingerprint density at radius 2 is 1.64 bits per heavy atom. The zero-order valence-corrected chi connectivity index (χ0v) is 17.0. The molecule has 3 rings (SSSR count). The standard InChI is InChI=1S/C20H24N4O3S/c1-23(2)13-16-10-8-15(9-11-16)12-21-19(25)14-24(3)20-17-6-4-5-7-18(17)28(26,27)22-20/h4-11H,12-14H2,1-3H3,(H,21,25). The van der Waals surface area contributed by atoms with Gasteiger partial charge >= 0.3 is 0 Å². The van der Waals surface area contributed by atoms with Crippen molar-refractivity contribution < 1.29 is 13.2 Å². The van der Waals surface area contributed by atoms with Crippen molar-refractivity contribution in [1.29, 1.82) is 0 Å². The number of likely N-dealkylation sites (N-methyl/N-ethyl adjacent to an activating group) is 1. The summed E-state index contributed by atoms with van der Waals surface area (Å²) in [4.78, 5) is 16.1. The Labute approximate surface area is 165 Å². The number of hydrogen-bond donors (Lipinski definition) is 1. The number of nitrogens with zero attached hydrogens (tertiary/aromatic N) is 3. The lowest BCUT2D eigenvalue weighted by Crippen LogP contribution is -2.38. The highest BCUT2D eigenvalue weighted by molar-refractivity contribution is 7.90. The van der Waals surface area contributed by atoms with E-state index in [1.165, 1.54) is 11.6 Å². The SMILES string of the molecule is CN(C)Cc1ccc(CNC(=O)CN(C)C2=NS(=O)(=O)c3ccccc32)cc1. The molecule has 0 aliphatic carbocycles. The molecule has 28 heavy (non-hydrogen) atoms. The number of fused-ring (bicyclic) bond motifs is 1. The minimum Gasteiger partial charge on any atom is -0.350 e. The van der Waals surface area contributed by atoms with Gasteiger partial charge < -0.3 is 15.1 Å². The number of carbonyl (C=O) groups excluding carboxylic acids is 1. The Morgan fingerprint density at radius 3 is 2.32 bits per heavy atom. The van der Waals surface area contributed by atoms with Gasteiger partial charge in [0.25, 0.3) is 10.0 Å². The van der Waals surface area contributed by atoms with E-state index in [4.69, 9.17) is 0 Å². The predicted octanol–water partition coefficient (Wildman–Crippen LogP) is 1.45. The fraction of sp³-hybridized carbons (Fsp3) is 0.300. The second-order valence-electron chi connectivity index (χ2n) is 7.07. The number of nitrogens with one attached hydrogen (secondary N) is 1. The summed E-state index contributed by atoms with van der Waals surface area (Å²) < 4.78 is 28.1. The molecule has 0 aromatic heterocycles. The van der Waals surface area contributed by atoms with Crippen LogP contribution in [0, 0.1) is 0 Å². The maximum atomic E-state index is 12.3. The minimum atomic E-state index is -3.69. The Kier molecular flexibility index (Phi) is 5.81. The van der Waals surface area contributed by atoms with Gasteiger partial charge in [-0.1, -0.05) is 36.4 Å². The third-order valence-corrected chi connectivity index (χ3v) is 5.69. The molecule has 1 amide bonds. The average Bonchev–Trinajstić information content (AvgIpc) is 2.92. The lowest BCUT2D eigenvalue weighted by atomic mass is 10.1. The first-order chi connectivity index (χ1) is 13.3. The molecule has 0 spiro atoms. The van der Waals surface area contributed by atoms with Gasteiger partial charge in [0.15, 0.2) is 5.84 Å². The molecule has 1 heterocycles. The molecule has 0 radical (unpaired) electrons. The van der Waals surface area contributed by atoms with E-state index in [0.29, 0.717) is 17.9 Å². The van der Waals surface area contributed by atoms with Crippen LogP contribution in [0.4, 0.5) is 0 Å². The number of amides is 1. The second-order valence-corrected chi connectivity index (χ2v) is 8.65. The average molecular weight is 401 g/mol. The van der Waals surface area contributed by atoms with Gasteiger partial charge in [-0.25, -0.2) is 0 Å². The van der Waals surface area contributed by atoms with E-state index in [1.54, 1.807) is 30.1 Å². The highest BCUT2D eigenvalue weighted by Gasteiger charge is 2.30. The number of hydrogen-bond acceptors (Lipinski definition) is 5. The summed E-state index contributed by atoms with van der Waals surface area (Å²) >= 11 is 0. The van der Waals surface area contributed by atoms with Crippen LogP contribution in [-0.2, 0) is 27.9 Å². The highest BCUT2D eigenvalue weighted by atomic mass is 32.2. The molecular weight excluding hydrogens is 376 g/mol. The van der Waals surface area contributed by atoms with Crippen LogP contribution in [-0.4, -0.2) is 57.6 Å². The van der Waals surface area contributed by atoms with Crippen LogP contribution in [0.2, 0.25) is 0 Å². The summed E-state index contributed by atoms with van der Waals surface area (Å²) in [6, 6.07) is 14.7. The van der Waals surface area contributed by atoms with Crippen LogP contribution in [0.15, 0.2) is 57.8 Å². The van der Waals surface area contributed by atoms with Crippen molar-refractivity contribution in [1.82, 2.24) is 15.1 Å². The Morgan fingerprint density at radius 1 is 1.00 bits per heavy atom. The summed E-state index contributed by atoms with van der Waals surface area (Å²) in [5.74, 6) is 0.0862. The van der Waals surface area contributed by atoms with Gasteiger partial charge in [0, 0.05) is 25.7 Å². The summed E-state index contributed by atoms with van der Waals surface area (Å²) in [5, 5.41) is 2.86. The number of benzene rings is 2. The lowest BCUT2D eigenvalue weighted by Gasteiger charge is -2.18. The maximum Gasteiger partial charge on any atom is 0.285 e. The van der Waals surface area contributed by atoms with E-state index in [1.807, 2.05) is 38.4 Å². The van der Waals surface area contributed by atoms with Gasteiger partial charge in [0.05, 0.1) is 6.54 Å². The van der Waals surface area contributed by atoms with Crippen molar-refractivity contribution in [2.75, 3.05) is 27.7 Å². The van der Waals surface area contributed by atoms with Crippen LogP contribution < -0.4 is 5.32 Å². The predicted molar refractivity (Wildman–Crippen MR) is 108 cm³/mol. The fourth-order valence-corrected chi connectivity index (χ4v) is 4.29. The highest BCUT2D eigenvalue weighted by Crippen LogP contribution is 2.26. The van der Waals surface area contributed by atoms with Crippen LogP contribution in [0.25, 0.3) is 0 Å². The third-order valence-electron chi connectivity index (χ3n) is 4.37. The molecule has 1 N–H and O–H groups in total. The fourth-order valence-electron chi connectivity index (χ4n) is 3.04. The van der Waals surface area contributed by atoms with Crippen molar-refractivity contribution in [3.63, 3.8) is 0 Å². The number of amidine groups is 1. The van der Waals surface area contributed by atoms with E-state index < -0.39 is 10.0 Å². The van der Waals surface area contributed by atoms with Crippen LogP contribution in [0.3, 0.4) is 0 Å². The molecular formula is C20H24N4O3S. The van der Waals surface area contributed by atoms with E-state index in [-0.39, 0.29) is 17.3 Å². The zero-order valence-electron chi connectivity index (χ0n) is 16.2. The van der Waals surface area contributed by atoms with Gasteiger partial charge in [0.2, 0.25) is 5.91 Å². The largest absolute Gasteiger partial charge is 0.350 e. The lowest BCUT2D eigenvalue weighted by molar-refractivity contribution is -0.121. The molecule has 0 saturated carbocycles. The van der Waals surface area contributed by atoms with Crippen molar-refractivity contribution in [2.24, 2.45) is 4.40 Å². The van der Waals surface area contributed by atoms with Crippen LogP contribution >= 0.6 is 0 Å². The monoisotopic (exact) mass is 400 g/mol. The summed E-state index contributed by atoms with van der Waals surface area (Å²) in [5.41, 5.74) is 2.73. The van der Waals surface area contributed by atoms with E-state index in [9.17, 15) is 13.2 Å². The first kappa shape index (κ1) is 20.0. The quantitative estimate of drug-likeness (QED) is 0.794. The Balaban J connectivity index is 1.58. The van der Waals surface area contributed by atoms with E-state index in [2.05, 4.69) is 14.6 Å². The van der Waals surface area contributed by atoms with E-state index in [0.717, 1.165) is 12.1 Å². The molecule has 0 atom stereocenters. The van der Waals surface area contributed by atoms with Crippen molar-refractivity contribution in [2.45, 2.75) is 18.0 Å². The van der Waals surface area contributed by atoms with Gasteiger partial charge in [-0.15, -0.1) is 4.40 Å². The first-order valence-corrected chi connectivity index (χ1v) is 10.3. The smallest absolute Gasteiger partial charge is 0.285 e. The van der Waals surface area contributed by atoms with Crippen LogP contribution in [0.5, 0.6) is 0 Å². The van der Waals surface area contributed by atoms with Gasteiger partial charge in [0.1, 0.15) is 4.90 Å². The summed E-state index contributed by atoms with van der Waals surface area (Å²) in [7, 11) is 2.00. The summed E-state index contributed by atoms with van der Waals surface area (Å²) in [6.45, 7) is 1.29. The van der Waals surface area contributed by atoms with Gasteiger partial charge in [-0.05, 0) is 37.4 Å². The van der Waals surface area contributed by atoms with Crippen molar-refractivity contribution in [3.05, 3.63) is 65.2 Å². The van der Waals surface area contributed by atoms with Gasteiger partial charge in [-0.2, -0.15) is 8.42 Å². The molecule has 1 aliphatic heterocycles. The van der Waals surface area contributed by atoms with Crippen LogP contribution in [0.1, 0.15) is 16.7 Å². The topological polar surface area (TPSA) is 82.1 Å². The molecule has 8 heteroatoms. The van der Waals surface area contributed by atoms with E-state index >= 15 is 0 Å². The molecule has 0 fully saturated rings. The molecule has 1 aliphatic rings. The third kappa shape index (κ3) is 4.58. The Hall–Kier alpha value is -2.71. The molecule has 148 valence electrons. The second kappa shape index (κ2) is 8.12. The number of sulfonamides is 1. The Bertz CT molecular complexity index is 998. The molecule has 0 unspecified atom stereocenters. The number of rotatable bonds is 6. The minimum absolute atomic E-state index is 0.0153. The molecule has 7 nitrogen and oxygen atoms in total. The van der Waals surface area contributed by atoms with Crippen molar-refractivity contribution >= 4 is 21.8 Å². The van der Waals surface area contributed by atoms with Crippen molar-refractivity contribution in [3.8, 4) is 0 Å². The summed E-state index contributed by atoms with van der Waals surface area (Å²) in [6.07, 6.45) is 0. The first-order valence-electron chi connectivity index (χ1n) is 8.91. The normalized spacial score (nSPS) is 14.5. The molecule has 2 aromatic rings. The molecule has 0 bridgehead atoms. The number of carbonyl (C=O) groups is 1. The molecule has 0 saturated heterocycles. The zero-order chi connectivity index (χ0) is 20.3. The molecule has 2 aromatic carbocycles. The maximum absolute atomic E-state index is 12.3.